The maximum Gasteiger partial charge on any atom is 0.119 e. The molecule has 3 nitrogen and oxygen atoms in total. The fraction of sp³-hybridized carbons (Fsp3) is 0.647. The molecule has 0 heterocycles. The van der Waals surface area contributed by atoms with Crippen LogP contribution in [0.5, 0.6) is 5.75 Å². The first-order valence-electron chi connectivity index (χ1n) is 7.76. The second-order valence-electron chi connectivity index (χ2n) is 6.11. The van der Waals surface area contributed by atoms with Crippen LogP contribution in [0.3, 0.4) is 0 Å². The predicted molar refractivity (Wildman–Crippen MR) is 82.2 cm³/mol. The molecule has 0 spiro atoms. The van der Waals surface area contributed by atoms with Gasteiger partial charge in [-0.25, -0.2) is 0 Å². The lowest BCUT2D eigenvalue weighted by molar-refractivity contribution is 0.0979. The van der Waals surface area contributed by atoms with Gasteiger partial charge in [-0.2, -0.15) is 0 Å². The molecule has 1 unspecified atom stereocenters. The molecule has 112 valence electrons. The van der Waals surface area contributed by atoms with Crippen molar-refractivity contribution in [2.75, 3.05) is 13.2 Å². The van der Waals surface area contributed by atoms with Gasteiger partial charge in [-0.3, -0.25) is 0 Å². The maximum atomic E-state index is 10.00. The van der Waals surface area contributed by atoms with Crippen molar-refractivity contribution in [3.05, 3.63) is 29.8 Å². The summed E-state index contributed by atoms with van der Waals surface area (Å²) in [6.45, 7) is 5.32. The van der Waals surface area contributed by atoms with Gasteiger partial charge in [0.05, 0.1) is 0 Å². The van der Waals surface area contributed by atoms with Gasteiger partial charge in [0.15, 0.2) is 0 Å². The van der Waals surface area contributed by atoms with Crippen molar-refractivity contribution in [3.8, 4) is 5.75 Å². The summed E-state index contributed by atoms with van der Waals surface area (Å²) in [5.74, 6) is 0.827. The molecular formula is C17H27NO2. The summed E-state index contributed by atoms with van der Waals surface area (Å²) in [5.41, 5.74) is 1.51. The number of aryl methyl sites for hydroxylation is 1. The Morgan fingerprint density at radius 3 is 2.50 bits per heavy atom. The molecule has 1 aliphatic rings. The van der Waals surface area contributed by atoms with Crippen molar-refractivity contribution < 1.29 is 9.84 Å². The summed E-state index contributed by atoms with van der Waals surface area (Å²) in [6, 6.07) is 8.08. The Morgan fingerprint density at radius 2 is 1.90 bits per heavy atom. The molecular weight excluding hydrogens is 250 g/mol. The van der Waals surface area contributed by atoms with Crippen LogP contribution in [0.4, 0.5) is 0 Å². The van der Waals surface area contributed by atoms with Crippen LogP contribution in [-0.2, 0) is 6.42 Å². The highest BCUT2D eigenvalue weighted by atomic mass is 16.5. The normalized spacial score (nSPS) is 18.9. The van der Waals surface area contributed by atoms with Crippen LogP contribution in [-0.4, -0.2) is 29.9 Å². The van der Waals surface area contributed by atoms with E-state index in [0.29, 0.717) is 13.2 Å². The zero-order valence-electron chi connectivity index (χ0n) is 12.7. The largest absolute Gasteiger partial charge is 0.491 e. The summed E-state index contributed by atoms with van der Waals surface area (Å²) >= 11 is 0. The molecule has 0 amide bonds. The minimum atomic E-state index is -0.460. The first-order chi connectivity index (χ1) is 9.61. The Balaban J connectivity index is 1.70. The number of nitrogens with one attached hydrogen (secondary N) is 1. The molecule has 1 aliphatic carbocycles. The first kappa shape index (κ1) is 15.3. The van der Waals surface area contributed by atoms with E-state index in [-0.39, 0.29) is 5.54 Å². The lowest BCUT2D eigenvalue weighted by Crippen LogP contribution is -2.44. The molecule has 0 bridgehead atoms. The molecule has 20 heavy (non-hydrogen) atoms. The highest BCUT2D eigenvalue weighted by molar-refractivity contribution is 5.27. The average Bonchev–Trinajstić information content (AvgIpc) is 2.91. The van der Waals surface area contributed by atoms with Gasteiger partial charge in [0, 0.05) is 12.1 Å². The molecule has 0 saturated heterocycles. The molecule has 3 heteroatoms. The van der Waals surface area contributed by atoms with Crippen LogP contribution in [0.15, 0.2) is 24.3 Å². The van der Waals surface area contributed by atoms with Gasteiger partial charge in [0.1, 0.15) is 18.5 Å². The van der Waals surface area contributed by atoms with Gasteiger partial charge < -0.3 is 15.2 Å². The number of benzene rings is 1. The average molecular weight is 277 g/mol. The quantitative estimate of drug-likeness (QED) is 0.805. The summed E-state index contributed by atoms with van der Waals surface area (Å²) in [7, 11) is 0. The van der Waals surface area contributed by atoms with E-state index in [0.717, 1.165) is 12.2 Å². The van der Waals surface area contributed by atoms with Crippen molar-refractivity contribution in [1.29, 1.82) is 0 Å². The number of aliphatic hydroxyl groups is 1. The van der Waals surface area contributed by atoms with Crippen LogP contribution >= 0.6 is 0 Å². The highest BCUT2D eigenvalue weighted by Gasteiger charge is 2.28. The zero-order chi connectivity index (χ0) is 14.4. The van der Waals surface area contributed by atoms with Crippen molar-refractivity contribution in [2.45, 2.75) is 57.6 Å². The van der Waals surface area contributed by atoms with Crippen molar-refractivity contribution in [2.24, 2.45) is 0 Å². The van der Waals surface area contributed by atoms with Gasteiger partial charge in [0.2, 0.25) is 0 Å². The van der Waals surface area contributed by atoms with E-state index >= 15 is 0 Å². The molecule has 1 fully saturated rings. The molecule has 0 radical (unpaired) electrons. The third-order valence-electron chi connectivity index (χ3n) is 4.25. The Morgan fingerprint density at radius 1 is 1.25 bits per heavy atom. The van der Waals surface area contributed by atoms with Gasteiger partial charge >= 0.3 is 0 Å². The SMILES string of the molecule is CCc1ccc(OCC(O)CNC2(C)CCCC2)cc1. The third-order valence-corrected chi connectivity index (χ3v) is 4.25. The minimum absolute atomic E-state index is 0.212. The molecule has 1 aromatic carbocycles. The van der Waals surface area contributed by atoms with E-state index in [1.807, 2.05) is 12.1 Å². The van der Waals surface area contributed by atoms with Crippen molar-refractivity contribution in [3.63, 3.8) is 0 Å². The summed E-state index contributed by atoms with van der Waals surface area (Å²) < 4.78 is 5.63. The van der Waals surface area contributed by atoms with Crippen LogP contribution in [0.25, 0.3) is 0 Å². The first-order valence-corrected chi connectivity index (χ1v) is 7.76. The molecule has 1 saturated carbocycles. The van der Waals surface area contributed by atoms with E-state index in [1.54, 1.807) is 0 Å². The van der Waals surface area contributed by atoms with Gasteiger partial charge in [-0.15, -0.1) is 0 Å². The Hall–Kier alpha value is -1.06. The predicted octanol–water partition coefficient (Wildman–Crippen LogP) is 2.91. The van der Waals surface area contributed by atoms with E-state index in [9.17, 15) is 5.11 Å². The molecule has 0 aliphatic heterocycles. The highest BCUT2D eigenvalue weighted by Crippen LogP contribution is 2.28. The van der Waals surface area contributed by atoms with Crippen molar-refractivity contribution >= 4 is 0 Å². The molecule has 0 aromatic heterocycles. The second kappa shape index (κ2) is 7.09. The van der Waals surface area contributed by atoms with E-state index < -0.39 is 6.10 Å². The lowest BCUT2D eigenvalue weighted by Gasteiger charge is -2.27. The number of aliphatic hydroxyl groups excluding tert-OH is 1. The second-order valence-corrected chi connectivity index (χ2v) is 6.11. The fourth-order valence-corrected chi connectivity index (χ4v) is 2.77. The zero-order valence-corrected chi connectivity index (χ0v) is 12.7. The summed E-state index contributed by atoms with van der Waals surface area (Å²) in [4.78, 5) is 0. The maximum absolute atomic E-state index is 10.00. The molecule has 2 N–H and O–H groups in total. The Bertz CT molecular complexity index is 396. The minimum Gasteiger partial charge on any atom is -0.491 e. The smallest absolute Gasteiger partial charge is 0.119 e. The summed E-state index contributed by atoms with van der Waals surface area (Å²) in [6.07, 6.45) is 5.57. The number of hydrogen-bond acceptors (Lipinski definition) is 3. The number of ether oxygens (including phenoxy) is 1. The van der Waals surface area contributed by atoms with E-state index in [2.05, 4.69) is 31.3 Å². The molecule has 1 aromatic rings. The van der Waals surface area contributed by atoms with E-state index in [4.69, 9.17) is 4.74 Å². The van der Waals surface area contributed by atoms with E-state index in [1.165, 1.54) is 31.2 Å². The standard InChI is InChI=1S/C17H27NO2/c1-3-14-6-8-16(9-7-14)20-13-15(19)12-18-17(2)10-4-5-11-17/h6-9,15,18-19H,3-5,10-13H2,1-2H3. The summed E-state index contributed by atoms with van der Waals surface area (Å²) in [5, 5.41) is 13.5. The molecule has 1 atom stereocenters. The number of hydrogen-bond donors (Lipinski definition) is 2. The monoisotopic (exact) mass is 277 g/mol. The van der Waals surface area contributed by atoms with Crippen LogP contribution in [0.1, 0.15) is 45.1 Å². The Labute approximate surface area is 122 Å². The molecule has 2 rings (SSSR count). The Kier molecular flexibility index (Phi) is 5.44. The number of rotatable bonds is 7. The third kappa shape index (κ3) is 4.50. The van der Waals surface area contributed by atoms with Crippen LogP contribution < -0.4 is 10.1 Å². The lowest BCUT2D eigenvalue weighted by atomic mass is 10.0. The van der Waals surface area contributed by atoms with Gasteiger partial charge in [0.25, 0.3) is 0 Å². The van der Waals surface area contributed by atoms with Crippen molar-refractivity contribution in [1.82, 2.24) is 5.32 Å². The topological polar surface area (TPSA) is 41.5 Å². The van der Waals surface area contributed by atoms with Gasteiger partial charge in [-0.1, -0.05) is 31.9 Å². The van der Waals surface area contributed by atoms with Crippen LogP contribution in [0, 0.1) is 0 Å². The van der Waals surface area contributed by atoms with Gasteiger partial charge in [-0.05, 0) is 43.9 Å². The number of β-amino-alcohol motifs (C(OH)–C–C–N with tert-alkyl or cyclic N) is 1. The fourth-order valence-electron chi connectivity index (χ4n) is 2.77. The van der Waals surface area contributed by atoms with Crippen LogP contribution in [0.2, 0.25) is 0 Å².